The predicted octanol–water partition coefficient (Wildman–Crippen LogP) is 2.38. The number of fused-ring (bicyclic) bond motifs is 1. The second kappa shape index (κ2) is 5.22. The minimum absolute atomic E-state index is 0.0107. The number of aromatic nitrogens is 3. The van der Waals surface area contributed by atoms with Gasteiger partial charge in [-0.2, -0.15) is 0 Å². The van der Waals surface area contributed by atoms with Gasteiger partial charge < -0.3 is 14.9 Å². The van der Waals surface area contributed by atoms with Crippen molar-refractivity contribution < 1.29 is 4.39 Å². The lowest BCUT2D eigenvalue weighted by Gasteiger charge is -2.12. The van der Waals surface area contributed by atoms with E-state index in [0.29, 0.717) is 12.5 Å². The molecule has 5 nitrogen and oxygen atoms in total. The summed E-state index contributed by atoms with van der Waals surface area (Å²) < 4.78 is 17.2. The lowest BCUT2D eigenvalue weighted by atomic mass is 10.2. The summed E-state index contributed by atoms with van der Waals surface area (Å²) in [5.41, 5.74) is 7.27. The molecular weight excluding hydrogens is 295 g/mol. The molecule has 0 atom stereocenters. The highest BCUT2D eigenvalue weighted by atomic mass is 19.1. The number of benzene rings is 1. The first-order valence-electron chi connectivity index (χ1n) is 7.70. The third kappa shape index (κ3) is 2.60. The zero-order valence-corrected chi connectivity index (χ0v) is 12.6. The monoisotopic (exact) mass is 312 g/mol. The zero-order chi connectivity index (χ0) is 16.0. The van der Waals surface area contributed by atoms with Crippen LogP contribution in [0.5, 0.6) is 0 Å². The lowest BCUT2D eigenvalue weighted by Crippen LogP contribution is -2.24. The minimum Gasteiger partial charge on any atom is -0.379 e. The van der Waals surface area contributed by atoms with Crippen LogP contribution in [0.25, 0.3) is 10.9 Å². The van der Waals surface area contributed by atoms with Crippen LogP contribution in [0.3, 0.4) is 0 Å². The van der Waals surface area contributed by atoms with Crippen LogP contribution >= 0.6 is 0 Å². The van der Waals surface area contributed by atoms with Crippen molar-refractivity contribution in [3.05, 3.63) is 58.5 Å². The molecule has 118 valence electrons. The van der Waals surface area contributed by atoms with Crippen LogP contribution in [0.2, 0.25) is 0 Å². The van der Waals surface area contributed by atoms with Crippen molar-refractivity contribution in [3.63, 3.8) is 0 Å². The van der Waals surface area contributed by atoms with Gasteiger partial charge in [0.15, 0.2) is 5.82 Å². The summed E-state index contributed by atoms with van der Waals surface area (Å²) in [6.45, 7) is 1.30. The Balaban J connectivity index is 1.81. The van der Waals surface area contributed by atoms with Gasteiger partial charge in [-0.05, 0) is 43.0 Å². The molecule has 0 saturated heterocycles. The first kappa shape index (κ1) is 14.0. The number of nitrogen functional groups attached to an aromatic ring is 1. The summed E-state index contributed by atoms with van der Waals surface area (Å²) >= 11 is 0. The van der Waals surface area contributed by atoms with E-state index in [2.05, 4.69) is 9.55 Å². The molecule has 1 aliphatic rings. The molecule has 3 aromatic rings. The number of nitrogens with zero attached hydrogens (tertiary/aromatic N) is 3. The minimum atomic E-state index is -0.304. The Bertz CT molecular complexity index is 939. The van der Waals surface area contributed by atoms with Crippen molar-refractivity contribution >= 4 is 16.7 Å². The second-order valence-corrected chi connectivity index (χ2v) is 6.14. The second-order valence-electron chi connectivity index (χ2n) is 6.14. The van der Waals surface area contributed by atoms with E-state index >= 15 is 0 Å². The topological polar surface area (TPSA) is 65.8 Å². The highest BCUT2D eigenvalue weighted by Gasteiger charge is 2.24. The van der Waals surface area contributed by atoms with Gasteiger partial charge in [-0.15, -0.1) is 0 Å². The van der Waals surface area contributed by atoms with Gasteiger partial charge >= 0.3 is 0 Å². The van der Waals surface area contributed by atoms with E-state index in [-0.39, 0.29) is 17.2 Å². The molecular formula is C17H17FN4O. The fourth-order valence-electron chi connectivity index (χ4n) is 2.97. The summed E-state index contributed by atoms with van der Waals surface area (Å²) in [5.74, 6) is 0.412. The highest BCUT2D eigenvalue weighted by molar-refractivity contribution is 5.81. The molecule has 0 spiro atoms. The molecule has 23 heavy (non-hydrogen) atoms. The molecule has 1 fully saturated rings. The van der Waals surface area contributed by atoms with Crippen molar-refractivity contribution in [2.75, 3.05) is 5.73 Å². The van der Waals surface area contributed by atoms with Gasteiger partial charge in [0, 0.05) is 35.5 Å². The van der Waals surface area contributed by atoms with Gasteiger partial charge in [-0.3, -0.25) is 4.79 Å². The third-order valence-electron chi connectivity index (χ3n) is 4.36. The fourth-order valence-corrected chi connectivity index (χ4v) is 2.97. The summed E-state index contributed by atoms with van der Waals surface area (Å²) in [4.78, 5) is 15.9. The first-order chi connectivity index (χ1) is 11.1. The molecule has 0 radical (unpaired) electrons. The van der Waals surface area contributed by atoms with Crippen molar-refractivity contribution in [1.82, 2.24) is 14.1 Å². The SMILES string of the molecule is Nc1nccn(Cc2cc3cc(F)ccc3n2CC2CC2)c1=O. The predicted molar refractivity (Wildman–Crippen MR) is 86.6 cm³/mol. The van der Waals surface area contributed by atoms with Crippen LogP contribution in [0, 0.1) is 11.7 Å². The molecule has 0 unspecified atom stereocenters. The molecule has 4 rings (SSSR count). The summed E-state index contributed by atoms with van der Waals surface area (Å²) in [6, 6.07) is 6.77. The average Bonchev–Trinajstić information content (AvgIpc) is 3.27. The lowest BCUT2D eigenvalue weighted by molar-refractivity contribution is 0.597. The van der Waals surface area contributed by atoms with E-state index in [4.69, 9.17) is 5.73 Å². The number of halogens is 1. The van der Waals surface area contributed by atoms with Gasteiger partial charge in [0.25, 0.3) is 5.56 Å². The van der Waals surface area contributed by atoms with Crippen molar-refractivity contribution in [2.45, 2.75) is 25.9 Å². The molecule has 0 amide bonds. The number of rotatable bonds is 4. The molecule has 2 heterocycles. The van der Waals surface area contributed by atoms with Gasteiger partial charge in [-0.25, -0.2) is 9.37 Å². The maximum absolute atomic E-state index is 13.5. The molecule has 1 aromatic carbocycles. The van der Waals surface area contributed by atoms with Gasteiger partial charge in [0.05, 0.1) is 6.54 Å². The Hall–Kier alpha value is -2.63. The molecule has 6 heteroatoms. The van der Waals surface area contributed by atoms with E-state index < -0.39 is 0 Å². The van der Waals surface area contributed by atoms with Crippen molar-refractivity contribution in [2.24, 2.45) is 5.92 Å². The van der Waals surface area contributed by atoms with Crippen molar-refractivity contribution in [1.29, 1.82) is 0 Å². The molecule has 0 bridgehead atoms. The normalized spacial score (nSPS) is 14.5. The van der Waals surface area contributed by atoms with Crippen LogP contribution in [0.15, 0.2) is 41.5 Å². The Morgan fingerprint density at radius 1 is 1.30 bits per heavy atom. The molecule has 2 N–H and O–H groups in total. The Labute approximate surface area is 132 Å². The van der Waals surface area contributed by atoms with Crippen LogP contribution < -0.4 is 11.3 Å². The maximum atomic E-state index is 13.5. The van der Waals surface area contributed by atoms with E-state index in [1.165, 1.54) is 35.7 Å². The summed E-state index contributed by atoms with van der Waals surface area (Å²) in [6.07, 6.45) is 5.59. The van der Waals surface area contributed by atoms with Crippen molar-refractivity contribution in [3.8, 4) is 0 Å². The smallest absolute Gasteiger partial charge is 0.293 e. The molecule has 1 saturated carbocycles. The Kier molecular flexibility index (Phi) is 3.18. The van der Waals surface area contributed by atoms with E-state index in [1.54, 1.807) is 12.3 Å². The largest absolute Gasteiger partial charge is 0.379 e. The number of anilines is 1. The number of hydrogen-bond donors (Lipinski definition) is 1. The van der Waals surface area contributed by atoms with E-state index in [0.717, 1.165) is 23.1 Å². The highest BCUT2D eigenvalue weighted by Crippen LogP contribution is 2.33. The summed E-state index contributed by atoms with van der Waals surface area (Å²) in [7, 11) is 0. The number of hydrogen-bond acceptors (Lipinski definition) is 3. The van der Waals surface area contributed by atoms with Gasteiger partial charge in [0.1, 0.15) is 5.82 Å². The molecule has 2 aromatic heterocycles. The third-order valence-corrected chi connectivity index (χ3v) is 4.36. The standard InChI is InChI=1S/C17H17FN4O/c18-13-3-4-15-12(7-13)8-14(22(15)9-11-1-2-11)10-21-6-5-20-16(19)17(21)23/h3-8,11H,1-2,9-10H2,(H2,19,20). The Morgan fingerprint density at radius 2 is 2.13 bits per heavy atom. The van der Waals surface area contributed by atoms with Crippen LogP contribution in [-0.4, -0.2) is 14.1 Å². The van der Waals surface area contributed by atoms with Gasteiger partial charge in [-0.1, -0.05) is 0 Å². The van der Waals surface area contributed by atoms with Crippen LogP contribution in [0.1, 0.15) is 18.5 Å². The van der Waals surface area contributed by atoms with Gasteiger partial charge in [0.2, 0.25) is 0 Å². The Morgan fingerprint density at radius 3 is 2.91 bits per heavy atom. The average molecular weight is 312 g/mol. The summed E-state index contributed by atoms with van der Waals surface area (Å²) in [5, 5.41) is 0.857. The fraction of sp³-hybridized carbons (Fsp3) is 0.294. The maximum Gasteiger partial charge on any atom is 0.293 e. The number of nitrogens with two attached hydrogens (primary N) is 1. The quantitative estimate of drug-likeness (QED) is 0.804. The van der Waals surface area contributed by atoms with E-state index in [1.807, 2.05) is 6.07 Å². The molecule has 0 aliphatic heterocycles. The molecule has 1 aliphatic carbocycles. The van der Waals surface area contributed by atoms with E-state index in [9.17, 15) is 9.18 Å². The van der Waals surface area contributed by atoms with Crippen LogP contribution in [0.4, 0.5) is 10.2 Å². The first-order valence-corrected chi connectivity index (χ1v) is 7.70. The van der Waals surface area contributed by atoms with Crippen LogP contribution in [-0.2, 0) is 13.1 Å². The zero-order valence-electron chi connectivity index (χ0n) is 12.6.